The summed E-state index contributed by atoms with van der Waals surface area (Å²) in [4.78, 5) is 26.6. The molecule has 3 aromatic carbocycles. The van der Waals surface area contributed by atoms with Crippen molar-refractivity contribution in [3.05, 3.63) is 124 Å². The zero-order valence-corrected chi connectivity index (χ0v) is 17.4. The molecule has 33 heavy (non-hydrogen) atoms. The van der Waals surface area contributed by atoms with Gasteiger partial charge in [0.1, 0.15) is 24.0 Å². The Bertz CT molecular complexity index is 1400. The Morgan fingerprint density at radius 3 is 2.33 bits per heavy atom. The maximum Gasteiger partial charge on any atom is 0.229 e. The second kappa shape index (κ2) is 8.13. The summed E-state index contributed by atoms with van der Waals surface area (Å²) in [7, 11) is 0. The Morgan fingerprint density at radius 1 is 0.909 bits per heavy atom. The fraction of sp³-hybridized carbons (Fsp3) is 0.0741. The summed E-state index contributed by atoms with van der Waals surface area (Å²) in [6.07, 6.45) is 0. The molecule has 0 fully saturated rings. The normalized spacial score (nSPS) is 17.1. The van der Waals surface area contributed by atoms with Gasteiger partial charge in [0.2, 0.25) is 11.7 Å². The first kappa shape index (κ1) is 20.3. The Labute approximate surface area is 190 Å². The zero-order valence-electron chi connectivity index (χ0n) is 17.4. The number of fused-ring (bicyclic) bond motifs is 1. The number of ketones is 2. The molecule has 5 rings (SSSR count). The molecule has 0 unspecified atom stereocenters. The van der Waals surface area contributed by atoms with Gasteiger partial charge in [-0.1, -0.05) is 66.7 Å². The number of hydrogen-bond donors (Lipinski definition) is 1. The van der Waals surface area contributed by atoms with Crippen molar-refractivity contribution in [1.82, 2.24) is 0 Å². The minimum Gasteiger partial charge on any atom is -0.489 e. The number of nitrogens with two attached hydrogens (primary N) is 1. The van der Waals surface area contributed by atoms with Crippen molar-refractivity contribution < 1.29 is 19.1 Å². The number of rotatable bonds is 4. The van der Waals surface area contributed by atoms with Crippen molar-refractivity contribution in [3.8, 4) is 11.8 Å². The van der Waals surface area contributed by atoms with Crippen LogP contribution in [0.1, 0.15) is 37.8 Å². The predicted octanol–water partition coefficient (Wildman–Crippen LogP) is 4.41. The predicted molar refractivity (Wildman–Crippen MR) is 120 cm³/mol. The molecular formula is C27H18N2O4. The van der Waals surface area contributed by atoms with E-state index in [0.717, 1.165) is 5.56 Å². The average Bonchev–Trinajstić information content (AvgIpc) is 2.86. The van der Waals surface area contributed by atoms with Crippen LogP contribution in [0.4, 0.5) is 0 Å². The number of nitriles is 1. The number of benzene rings is 3. The molecule has 0 saturated carbocycles. The van der Waals surface area contributed by atoms with Gasteiger partial charge in [0, 0.05) is 11.1 Å². The summed E-state index contributed by atoms with van der Waals surface area (Å²) >= 11 is 0. The molecule has 3 aromatic rings. The molecule has 6 heteroatoms. The molecule has 0 bridgehead atoms. The molecule has 0 amide bonds. The number of nitrogens with zero attached hydrogens (tertiary/aromatic N) is 1. The summed E-state index contributed by atoms with van der Waals surface area (Å²) < 4.78 is 11.5. The number of carbonyl (C=O) groups excluding carboxylic acids is 2. The van der Waals surface area contributed by atoms with Crippen molar-refractivity contribution in [2.45, 2.75) is 12.5 Å². The maximum absolute atomic E-state index is 13.4. The van der Waals surface area contributed by atoms with Crippen LogP contribution in [0, 0.1) is 11.3 Å². The topological polar surface area (TPSA) is 102 Å². The summed E-state index contributed by atoms with van der Waals surface area (Å²) in [5.41, 5.74) is 8.38. The standard InChI is InChI=1S/C27H18N2O4/c28-14-21-22(17-9-6-10-18(13-17)32-15-16-7-2-1-3-8-16)23-24(30)19-11-4-5-12-20(19)25(31)26(23)33-27(21)29/h1-13,22H,15,29H2/t22-/m0/s1. The lowest BCUT2D eigenvalue weighted by Crippen LogP contribution is -2.32. The largest absolute Gasteiger partial charge is 0.489 e. The highest BCUT2D eigenvalue weighted by atomic mass is 16.5. The SMILES string of the molecule is N#CC1=C(N)OC2=C(C(=O)c3ccccc3C2=O)[C@H]1c1cccc(OCc2ccccc2)c1. The minimum atomic E-state index is -0.844. The third kappa shape index (κ3) is 3.46. The number of Topliss-reactive ketones (excluding diaryl/α,β-unsaturated/α-hetero) is 2. The van der Waals surface area contributed by atoms with Crippen molar-refractivity contribution in [2.24, 2.45) is 5.73 Å². The summed E-state index contributed by atoms with van der Waals surface area (Å²) in [6, 6.07) is 25.4. The maximum atomic E-state index is 13.4. The van der Waals surface area contributed by atoms with Crippen molar-refractivity contribution in [2.75, 3.05) is 0 Å². The third-order valence-electron chi connectivity index (χ3n) is 5.73. The van der Waals surface area contributed by atoms with Gasteiger partial charge in [-0.3, -0.25) is 9.59 Å². The van der Waals surface area contributed by atoms with Crippen LogP contribution in [0.5, 0.6) is 5.75 Å². The summed E-state index contributed by atoms with van der Waals surface area (Å²) in [6.45, 7) is 0.361. The first-order valence-corrected chi connectivity index (χ1v) is 10.4. The van der Waals surface area contributed by atoms with Gasteiger partial charge in [-0.05, 0) is 23.3 Å². The Kier molecular flexibility index (Phi) is 5.00. The molecule has 0 aromatic heterocycles. The van der Waals surface area contributed by atoms with E-state index in [1.807, 2.05) is 30.3 Å². The fourth-order valence-electron chi connectivity index (χ4n) is 4.16. The van der Waals surface area contributed by atoms with E-state index in [1.165, 1.54) is 0 Å². The van der Waals surface area contributed by atoms with E-state index in [1.54, 1.807) is 48.5 Å². The van der Waals surface area contributed by atoms with Crippen LogP contribution in [0.2, 0.25) is 0 Å². The second-order valence-corrected chi connectivity index (χ2v) is 7.72. The lowest BCUT2D eigenvalue weighted by atomic mass is 9.75. The van der Waals surface area contributed by atoms with Crippen LogP contribution in [-0.4, -0.2) is 11.6 Å². The number of carbonyl (C=O) groups is 2. The molecule has 1 heterocycles. The van der Waals surface area contributed by atoms with Crippen LogP contribution >= 0.6 is 0 Å². The molecule has 0 radical (unpaired) electrons. The van der Waals surface area contributed by atoms with Gasteiger partial charge in [0.05, 0.1) is 11.5 Å². The molecule has 0 spiro atoms. The van der Waals surface area contributed by atoms with Gasteiger partial charge in [-0.25, -0.2) is 0 Å². The van der Waals surface area contributed by atoms with E-state index in [2.05, 4.69) is 6.07 Å². The molecule has 1 atom stereocenters. The number of ether oxygens (including phenoxy) is 2. The lowest BCUT2D eigenvalue weighted by Gasteiger charge is -2.31. The van der Waals surface area contributed by atoms with Gasteiger partial charge in [-0.2, -0.15) is 5.26 Å². The minimum absolute atomic E-state index is 0.0782. The molecule has 1 aliphatic carbocycles. The number of hydrogen-bond acceptors (Lipinski definition) is 6. The van der Waals surface area contributed by atoms with Gasteiger partial charge in [-0.15, -0.1) is 0 Å². The Hall–Kier alpha value is -4.63. The monoisotopic (exact) mass is 434 g/mol. The highest BCUT2D eigenvalue weighted by molar-refractivity contribution is 6.27. The second-order valence-electron chi connectivity index (χ2n) is 7.72. The van der Waals surface area contributed by atoms with E-state index in [-0.39, 0.29) is 39.7 Å². The summed E-state index contributed by atoms with van der Waals surface area (Å²) in [5.74, 6) is -1.38. The van der Waals surface area contributed by atoms with Crippen molar-refractivity contribution >= 4 is 11.6 Å². The van der Waals surface area contributed by atoms with Crippen molar-refractivity contribution in [1.29, 1.82) is 5.26 Å². The smallest absolute Gasteiger partial charge is 0.229 e. The Balaban J connectivity index is 1.57. The average molecular weight is 434 g/mol. The first-order chi connectivity index (χ1) is 16.1. The van der Waals surface area contributed by atoms with E-state index in [9.17, 15) is 14.9 Å². The lowest BCUT2D eigenvalue weighted by molar-refractivity contribution is 0.0897. The molecule has 6 nitrogen and oxygen atoms in total. The van der Waals surface area contributed by atoms with Crippen LogP contribution < -0.4 is 10.5 Å². The first-order valence-electron chi connectivity index (χ1n) is 10.4. The van der Waals surface area contributed by atoms with Gasteiger partial charge in [0.25, 0.3) is 0 Å². The zero-order chi connectivity index (χ0) is 22.9. The molecule has 160 valence electrons. The van der Waals surface area contributed by atoms with E-state index in [4.69, 9.17) is 15.2 Å². The quantitative estimate of drug-likeness (QED) is 0.653. The van der Waals surface area contributed by atoms with Gasteiger partial charge in [0.15, 0.2) is 11.5 Å². The van der Waals surface area contributed by atoms with Gasteiger partial charge >= 0.3 is 0 Å². The van der Waals surface area contributed by atoms with E-state index in [0.29, 0.717) is 17.9 Å². The fourth-order valence-corrected chi connectivity index (χ4v) is 4.16. The third-order valence-corrected chi connectivity index (χ3v) is 5.73. The van der Waals surface area contributed by atoms with E-state index < -0.39 is 11.7 Å². The Morgan fingerprint density at radius 2 is 1.61 bits per heavy atom. The van der Waals surface area contributed by atoms with Crippen LogP contribution in [0.15, 0.2) is 102 Å². The van der Waals surface area contributed by atoms with Crippen LogP contribution in [0.25, 0.3) is 0 Å². The van der Waals surface area contributed by atoms with Crippen LogP contribution in [0.3, 0.4) is 0 Å². The highest BCUT2D eigenvalue weighted by Crippen LogP contribution is 2.44. The highest BCUT2D eigenvalue weighted by Gasteiger charge is 2.43. The van der Waals surface area contributed by atoms with Crippen molar-refractivity contribution in [3.63, 3.8) is 0 Å². The van der Waals surface area contributed by atoms with Crippen LogP contribution in [-0.2, 0) is 11.3 Å². The van der Waals surface area contributed by atoms with Gasteiger partial charge < -0.3 is 15.2 Å². The van der Waals surface area contributed by atoms with E-state index >= 15 is 0 Å². The molecule has 0 saturated heterocycles. The summed E-state index contributed by atoms with van der Waals surface area (Å²) in [5, 5.41) is 9.83. The molecule has 2 N–H and O–H groups in total. The number of allylic oxidation sites excluding steroid dienone is 3. The molecule has 2 aliphatic rings. The molecule has 1 aliphatic heterocycles. The molecular weight excluding hydrogens is 416 g/mol.